The molecule has 4 fully saturated rings. The predicted octanol–water partition coefficient (Wildman–Crippen LogP) is 2.26. The third-order valence-electron chi connectivity index (χ3n) is 10.1. The van der Waals surface area contributed by atoms with Crippen molar-refractivity contribution in [3.8, 4) is 0 Å². The summed E-state index contributed by atoms with van der Waals surface area (Å²) < 4.78 is 63.0. The Hall–Kier alpha value is -1.83. The predicted molar refractivity (Wildman–Crippen MR) is 142 cm³/mol. The van der Waals surface area contributed by atoms with Gasteiger partial charge in [0.1, 0.15) is 0 Å². The van der Waals surface area contributed by atoms with Crippen LogP contribution in [0.5, 0.6) is 0 Å². The highest BCUT2D eigenvalue weighted by Gasteiger charge is 2.60. The van der Waals surface area contributed by atoms with Crippen LogP contribution in [0.25, 0.3) is 0 Å². The van der Waals surface area contributed by atoms with Crippen molar-refractivity contribution in [3.63, 3.8) is 0 Å². The first kappa shape index (κ1) is 29.3. The van der Waals surface area contributed by atoms with Crippen LogP contribution in [0.3, 0.4) is 0 Å². The summed E-state index contributed by atoms with van der Waals surface area (Å²) >= 11 is 0. The number of ether oxygens (including phenoxy) is 4. The van der Waals surface area contributed by atoms with E-state index in [1.54, 1.807) is 19.1 Å². The fourth-order valence-corrected chi connectivity index (χ4v) is 7.97. The van der Waals surface area contributed by atoms with Crippen molar-refractivity contribution in [2.45, 2.75) is 75.2 Å². The van der Waals surface area contributed by atoms with Gasteiger partial charge in [-0.1, -0.05) is 0 Å². The number of nitrogens with zero attached hydrogens (tertiary/aromatic N) is 3. The molecular formula is C29H41F3N4O5. The van der Waals surface area contributed by atoms with Crippen LogP contribution in [0.1, 0.15) is 42.5 Å². The number of rotatable bonds is 6. The molecule has 3 saturated heterocycles. The molecule has 1 aromatic rings. The van der Waals surface area contributed by atoms with Crippen LogP contribution in [0.15, 0.2) is 12.3 Å². The molecular weight excluding hydrogens is 541 g/mol. The molecule has 41 heavy (non-hydrogen) atoms. The summed E-state index contributed by atoms with van der Waals surface area (Å²) in [5, 5.41) is 3.81. The SMILES string of the molecule is COC1COCCC1NC1CC2CN(C3CCOCC3OC)CC2(C(=O)N2CCc3ncc(C(F)(F)F)cc3C2)C1. The second kappa shape index (κ2) is 11.7. The molecule has 5 aliphatic rings. The Morgan fingerprint density at radius 3 is 2.66 bits per heavy atom. The number of carbonyl (C=O) groups excluding carboxylic acids is 1. The average Bonchev–Trinajstić information content (AvgIpc) is 3.50. The molecule has 228 valence electrons. The second-order valence-electron chi connectivity index (χ2n) is 12.3. The second-order valence-corrected chi connectivity index (χ2v) is 12.3. The number of alkyl halides is 3. The smallest absolute Gasteiger partial charge is 0.379 e. The van der Waals surface area contributed by atoms with Crippen molar-refractivity contribution < 1.29 is 36.9 Å². The fraction of sp³-hybridized carbons (Fsp3) is 0.793. The van der Waals surface area contributed by atoms with E-state index >= 15 is 0 Å². The van der Waals surface area contributed by atoms with Crippen molar-refractivity contribution in [3.05, 3.63) is 29.1 Å². The van der Waals surface area contributed by atoms with Crippen molar-refractivity contribution in [1.29, 1.82) is 0 Å². The average molecular weight is 583 g/mol. The Bertz CT molecular complexity index is 1110. The van der Waals surface area contributed by atoms with E-state index in [2.05, 4.69) is 15.2 Å². The summed E-state index contributed by atoms with van der Waals surface area (Å²) in [4.78, 5) is 22.9. The van der Waals surface area contributed by atoms with Gasteiger partial charge in [-0.25, -0.2) is 0 Å². The number of aromatic nitrogens is 1. The summed E-state index contributed by atoms with van der Waals surface area (Å²) in [5.74, 6) is 0.184. The van der Waals surface area contributed by atoms with E-state index in [0.717, 1.165) is 38.1 Å². The van der Waals surface area contributed by atoms with Crippen LogP contribution < -0.4 is 5.32 Å². The van der Waals surface area contributed by atoms with Crippen molar-refractivity contribution in [2.75, 3.05) is 60.3 Å². The van der Waals surface area contributed by atoms with Gasteiger partial charge in [0.25, 0.3) is 0 Å². The van der Waals surface area contributed by atoms with Gasteiger partial charge >= 0.3 is 6.18 Å². The minimum atomic E-state index is -4.47. The van der Waals surface area contributed by atoms with Crippen molar-refractivity contribution in [1.82, 2.24) is 20.1 Å². The first-order valence-corrected chi connectivity index (χ1v) is 14.8. The third-order valence-corrected chi connectivity index (χ3v) is 10.1. The lowest BCUT2D eigenvalue weighted by molar-refractivity contribution is -0.144. The van der Waals surface area contributed by atoms with E-state index < -0.39 is 17.2 Å². The zero-order valence-electron chi connectivity index (χ0n) is 23.8. The highest BCUT2D eigenvalue weighted by Crippen LogP contribution is 2.51. The van der Waals surface area contributed by atoms with Gasteiger partial charge in [-0.2, -0.15) is 13.2 Å². The van der Waals surface area contributed by atoms with Gasteiger partial charge in [0, 0.05) is 90.0 Å². The molecule has 0 spiro atoms. The molecule has 1 aliphatic carbocycles. The molecule has 0 bridgehead atoms. The lowest BCUT2D eigenvalue weighted by atomic mass is 9.78. The minimum absolute atomic E-state index is 0.0361. The van der Waals surface area contributed by atoms with E-state index in [4.69, 9.17) is 18.9 Å². The molecule has 7 unspecified atom stereocenters. The molecule has 1 N–H and O–H groups in total. The number of halogens is 3. The summed E-state index contributed by atoms with van der Waals surface area (Å²) in [6.45, 7) is 4.44. The van der Waals surface area contributed by atoms with E-state index in [1.165, 1.54) is 0 Å². The maximum Gasteiger partial charge on any atom is 0.417 e. The first-order valence-electron chi connectivity index (χ1n) is 14.8. The summed E-state index contributed by atoms with van der Waals surface area (Å²) in [6.07, 6.45) is 0.0334. The van der Waals surface area contributed by atoms with Crippen LogP contribution in [-0.4, -0.2) is 111 Å². The number of methoxy groups -OCH3 is 2. The van der Waals surface area contributed by atoms with Gasteiger partial charge in [-0.3, -0.25) is 14.7 Å². The van der Waals surface area contributed by atoms with Crippen molar-refractivity contribution in [2.24, 2.45) is 11.3 Å². The lowest BCUT2D eigenvalue weighted by Crippen LogP contribution is -2.54. The largest absolute Gasteiger partial charge is 0.417 e. The molecule has 0 radical (unpaired) electrons. The normalized spacial score (nSPS) is 36.3. The molecule has 12 heteroatoms. The van der Waals surface area contributed by atoms with E-state index in [9.17, 15) is 18.0 Å². The minimum Gasteiger partial charge on any atom is -0.379 e. The van der Waals surface area contributed by atoms with Gasteiger partial charge in [-0.15, -0.1) is 0 Å². The number of likely N-dealkylation sites (tertiary alicyclic amines) is 1. The highest BCUT2D eigenvalue weighted by atomic mass is 19.4. The van der Waals surface area contributed by atoms with E-state index in [1.807, 2.05) is 0 Å². The van der Waals surface area contributed by atoms with E-state index in [0.29, 0.717) is 63.6 Å². The Labute approximate surface area is 239 Å². The number of hydrogen-bond acceptors (Lipinski definition) is 8. The molecule has 7 atom stereocenters. The number of carbonyl (C=O) groups is 1. The van der Waals surface area contributed by atoms with Gasteiger partial charge in [0.15, 0.2) is 0 Å². The Kier molecular flexibility index (Phi) is 8.34. The first-order chi connectivity index (χ1) is 19.7. The monoisotopic (exact) mass is 582 g/mol. The molecule has 5 heterocycles. The number of fused-ring (bicyclic) bond motifs is 2. The van der Waals surface area contributed by atoms with Gasteiger partial charge in [0.05, 0.1) is 36.4 Å². The van der Waals surface area contributed by atoms with Crippen LogP contribution in [0.4, 0.5) is 13.2 Å². The zero-order chi connectivity index (χ0) is 28.8. The molecule has 6 rings (SSSR count). The number of amides is 1. The quantitative estimate of drug-likeness (QED) is 0.547. The summed E-state index contributed by atoms with van der Waals surface area (Å²) in [5.41, 5.74) is -0.253. The molecule has 1 aromatic heterocycles. The lowest BCUT2D eigenvalue weighted by Gasteiger charge is -2.40. The molecule has 0 aromatic carbocycles. The maximum atomic E-state index is 14.6. The van der Waals surface area contributed by atoms with Crippen molar-refractivity contribution >= 4 is 5.91 Å². The van der Waals surface area contributed by atoms with Gasteiger partial charge in [-0.05, 0) is 43.2 Å². The Balaban J connectivity index is 1.24. The molecule has 1 amide bonds. The molecule has 4 aliphatic heterocycles. The molecule has 9 nitrogen and oxygen atoms in total. The van der Waals surface area contributed by atoms with Crippen LogP contribution in [0.2, 0.25) is 0 Å². The Morgan fingerprint density at radius 1 is 1.15 bits per heavy atom. The van der Waals surface area contributed by atoms with Crippen LogP contribution in [-0.2, 0) is 42.9 Å². The fourth-order valence-electron chi connectivity index (χ4n) is 7.97. The van der Waals surface area contributed by atoms with Gasteiger partial charge in [0.2, 0.25) is 5.91 Å². The van der Waals surface area contributed by atoms with Gasteiger partial charge < -0.3 is 29.2 Å². The summed E-state index contributed by atoms with van der Waals surface area (Å²) in [7, 11) is 3.41. The highest BCUT2D eigenvalue weighted by molar-refractivity contribution is 5.84. The maximum absolute atomic E-state index is 14.6. The topological polar surface area (TPSA) is 85.4 Å². The standard InChI is InChI=1S/C29H41F3N4O5/c1-38-25-15-40-7-4-23(25)34-21-10-20-14-36(24-5-8-41-16-26(24)39-2)17-28(20,11-21)27(37)35-6-3-22-18(13-35)9-19(12-33-22)29(30,31)32/h9,12,20-21,23-26,34H,3-8,10-11,13-17H2,1-2H3. The summed E-state index contributed by atoms with van der Waals surface area (Å²) in [6, 6.07) is 1.64. The zero-order valence-corrected chi connectivity index (χ0v) is 23.8. The number of pyridine rings is 1. The van der Waals surface area contributed by atoms with E-state index in [-0.39, 0.29) is 48.7 Å². The molecule has 1 saturated carbocycles. The van der Waals surface area contributed by atoms with Crippen LogP contribution >= 0.6 is 0 Å². The third kappa shape index (κ3) is 5.63. The Morgan fingerprint density at radius 2 is 1.90 bits per heavy atom. The number of hydrogen-bond donors (Lipinski definition) is 1. The van der Waals surface area contributed by atoms with Crippen LogP contribution in [0, 0.1) is 11.3 Å². The number of nitrogens with one attached hydrogen (secondary N) is 1.